The van der Waals surface area contributed by atoms with E-state index in [1.165, 1.54) is 0 Å². The van der Waals surface area contributed by atoms with Gasteiger partial charge in [0.2, 0.25) is 0 Å². The highest BCUT2D eigenvalue weighted by molar-refractivity contribution is 6.30. The molecule has 1 aromatic heterocycles. The number of nitrogens with zero attached hydrogens (tertiary/aromatic N) is 3. The highest BCUT2D eigenvalue weighted by atomic mass is 35.5. The van der Waals surface area contributed by atoms with Crippen LogP contribution in [0.3, 0.4) is 0 Å². The van der Waals surface area contributed by atoms with E-state index in [9.17, 15) is 9.90 Å². The summed E-state index contributed by atoms with van der Waals surface area (Å²) in [6.45, 7) is 0. The Hall–Kier alpha value is -4.35. The number of rotatable bonds is 4. The zero-order valence-corrected chi connectivity index (χ0v) is 19.3. The normalized spacial score (nSPS) is 14.8. The van der Waals surface area contributed by atoms with Crippen LogP contribution in [0.25, 0.3) is 16.9 Å². The number of benzene rings is 4. The number of phenolic OH excluding ortho intramolecular Hbond substituents is 1. The van der Waals surface area contributed by atoms with Gasteiger partial charge in [-0.25, -0.2) is 4.68 Å². The van der Waals surface area contributed by atoms with Crippen molar-refractivity contribution < 1.29 is 9.90 Å². The van der Waals surface area contributed by atoms with Crippen molar-refractivity contribution in [2.75, 3.05) is 4.90 Å². The highest BCUT2D eigenvalue weighted by Crippen LogP contribution is 2.46. The van der Waals surface area contributed by atoms with Gasteiger partial charge in [0.15, 0.2) is 0 Å². The summed E-state index contributed by atoms with van der Waals surface area (Å²) in [5.41, 5.74) is 5.43. The number of halogens is 1. The molecule has 0 saturated carbocycles. The first-order valence-electron chi connectivity index (χ1n) is 11.2. The average Bonchev–Trinajstić information content (AvgIpc) is 3.42. The van der Waals surface area contributed by atoms with Gasteiger partial charge in [0.05, 0.1) is 17.4 Å². The van der Waals surface area contributed by atoms with Gasteiger partial charge in [-0.1, -0.05) is 72.3 Å². The van der Waals surface area contributed by atoms with E-state index < -0.39 is 6.04 Å². The van der Waals surface area contributed by atoms with Gasteiger partial charge in [-0.2, -0.15) is 5.10 Å². The summed E-state index contributed by atoms with van der Waals surface area (Å²) in [4.78, 5) is 15.9. The monoisotopic (exact) mass is 477 g/mol. The van der Waals surface area contributed by atoms with Gasteiger partial charge in [0.1, 0.15) is 11.4 Å². The Morgan fingerprint density at radius 1 is 0.743 bits per heavy atom. The molecule has 0 spiro atoms. The quantitative estimate of drug-likeness (QED) is 0.315. The molecule has 0 bridgehead atoms. The van der Waals surface area contributed by atoms with E-state index in [0.717, 1.165) is 28.1 Å². The predicted molar refractivity (Wildman–Crippen MR) is 137 cm³/mol. The minimum Gasteiger partial charge on any atom is -0.508 e. The second-order valence-electron chi connectivity index (χ2n) is 8.37. The van der Waals surface area contributed by atoms with Gasteiger partial charge in [-0.05, 0) is 54.1 Å². The van der Waals surface area contributed by atoms with Gasteiger partial charge in [-0.3, -0.25) is 9.69 Å². The maximum absolute atomic E-state index is 14.1. The number of hydrogen-bond donors (Lipinski definition) is 1. The second kappa shape index (κ2) is 8.46. The van der Waals surface area contributed by atoms with Crippen LogP contribution in [0.4, 0.5) is 5.69 Å². The maximum atomic E-state index is 14.1. The van der Waals surface area contributed by atoms with Crippen LogP contribution in [-0.2, 0) is 0 Å². The number of aromatic nitrogens is 2. The van der Waals surface area contributed by atoms with Gasteiger partial charge in [-0.15, -0.1) is 0 Å². The predicted octanol–water partition coefficient (Wildman–Crippen LogP) is 6.65. The zero-order chi connectivity index (χ0) is 23.9. The van der Waals surface area contributed by atoms with Crippen molar-refractivity contribution in [2.24, 2.45) is 0 Å². The third-order valence-corrected chi connectivity index (χ3v) is 6.49. The lowest BCUT2D eigenvalue weighted by Crippen LogP contribution is -2.30. The Morgan fingerprint density at radius 3 is 2.03 bits per heavy atom. The van der Waals surface area contributed by atoms with Crippen LogP contribution < -0.4 is 4.90 Å². The van der Waals surface area contributed by atoms with E-state index in [4.69, 9.17) is 16.7 Å². The number of para-hydroxylation sites is 1. The Balaban J connectivity index is 1.65. The van der Waals surface area contributed by atoms with E-state index in [-0.39, 0.29) is 11.7 Å². The molecule has 0 fully saturated rings. The summed E-state index contributed by atoms with van der Waals surface area (Å²) in [5, 5.41) is 15.5. The van der Waals surface area contributed by atoms with Crippen LogP contribution in [0.15, 0.2) is 109 Å². The highest BCUT2D eigenvalue weighted by Gasteiger charge is 2.45. The Kier molecular flexibility index (Phi) is 5.12. The molecule has 5 aromatic rings. The SMILES string of the molecule is O=C1c2c(c(-c3ccccc3)nn2-c2ccccc2)C(c2ccc(Cl)cc2)N1c1ccc(O)cc1. The summed E-state index contributed by atoms with van der Waals surface area (Å²) < 4.78 is 1.74. The number of anilines is 1. The van der Waals surface area contributed by atoms with Gasteiger partial charge in [0, 0.05) is 21.8 Å². The summed E-state index contributed by atoms with van der Waals surface area (Å²) in [6, 6.07) is 33.4. The molecule has 6 heteroatoms. The third kappa shape index (κ3) is 3.57. The van der Waals surface area contributed by atoms with Crippen molar-refractivity contribution in [2.45, 2.75) is 6.04 Å². The molecule has 0 aliphatic carbocycles. The van der Waals surface area contributed by atoms with E-state index in [0.29, 0.717) is 16.4 Å². The third-order valence-electron chi connectivity index (χ3n) is 6.24. The first-order valence-corrected chi connectivity index (χ1v) is 11.6. The molecule has 6 rings (SSSR count). The largest absolute Gasteiger partial charge is 0.508 e. The molecule has 170 valence electrons. The van der Waals surface area contributed by atoms with Crippen LogP contribution in [0.1, 0.15) is 27.7 Å². The summed E-state index contributed by atoms with van der Waals surface area (Å²) in [7, 11) is 0. The number of amides is 1. The fourth-order valence-electron chi connectivity index (χ4n) is 4.66. The van der Waals surface area contributed by atoms with Crippen molar-refractivity contribution >= 4 is 23.2 Å². The number of phenols is 1. The first-order chi connectivity index (χ1) is 17.1. The number of aromatic hydroxyl groups is 1. The maximum Gasteiger partial charge on any atom is 0.278 e. The molecule has 1 unspecified atom stereocenters. The van der Waals surface area contributed by atoms with Crippen LogP contribution in [-0.4, -0.2) is 20.8 Å². The Bertz CT molecular complexity index is 1510. The van der Waals surface area contributed by atoms with Gasteiger partial charge in [0.25, 0.3) is 5.91 Å². The van der Waals surface area contributed by atoms with Crippen LogP contribution in [0, 0.1) is 0 Å². The van der Waals surface area contributed by atoms with Crippen molar-refractivity contribution in [3.8, 4) is 22.7 Å². The second-order valence-corrected chi connectivity index (χ2v) is 8.81. The van der Waals surface area contributed by atoms with E-state index in [1.807, 2.05) is 84.9 Å². The lowest BCUT2D eigenvalue weighted by molar-refractivity contribution is 0.0986. The average molecular weight is 478 g/mol. The Morgan fingerprint density at radius 2 is 1.37 bits per heavy atom. The lowest BCUT2D eigenvalue weighted by Gasteiger charge is -2.26. The van der Waals surface area contributed by atoms with Gasteiger partial charge >= 0.3 is 0 Å². The van der Waals surface area contributed by atoms with E-state index >= 15 is 0 Å². The van der Waals surface area contributed by atoms with Crippen LogP contribution >= 0.6 is 11.6 Å². The van der Waals surface area contributed by atoms with Crippen molar-refractivity contribution in [1.82, 2.24) is 9.78 Å². The molecule has 0 saturated heterocycles. The first kappa shape index (κ1) is 21.2. The van der Waals surface area contributed by atoms with Crippen LogP contribution in [0.2, 0.25) is 5.02 Å². The Labute approximate surface area is 207 Å². The fourth-order valence-corrected chi connectivity index (χ4v) is 4.79. The number of hydrogen-bond acceptors (Lipinski definition) is 3. The van der Waals surface area contributed by atoms with E-state index in [1.54, 1.807) is 33.8 Å². The molecule has 0 radical (unpaired) electrons. The summed E-state index contributed by atoms with van der Waals surface area (Å²) >= 11 is 6.20. The fraction of sp³-hybridized carbons (Fsp3) is 0.0345. The molecule has 35 heavy (non-hydrogen) atoms. The molecule has 1 amide bonds. The lowest BCUT2D eigenvalue weighted by atomic mass is 9.96. The van der Waals surface area contributed by atoms with Crippen LogP contribution in [0.5, 0.6) is 5.75 Å². The van der Waals surface area contributed by atoms with Crippen molar-refractivity contribution in [1.29, 1.82) is 0 Å². The standard InChI is InChI=1S/C29H20ClN3O2/c30-21-13-11-20(12-14-21)27-25-26(19-7-3-1-4-8-19)31-33(23-9-5-2-6-10-23)28(25)29(35)32(27)22-15-17-24(34)18-16-22/h1-18,27,34H. The number of carbonyl (C=O) groups excluding carboxylic acids is 1. The molecule has 5 nitrogen and oxygen atoms in total. The summed E-state index contributed by atoms with van der Waals surface area (Å²) in [6.07, 6.45) is 0. The minimum absolute atomic E-state index is 0.140. The molecule has 1 aliphatic rings. The minimum atomic E-state index is -0.424. The number of carbonyl (C=O) groups is 1. The van der Waals surface area contributed by atoms with E-state index in [2.05, 4.69) is 0 Å². The molecular formula is C29H20ClN3O2. The summed E-state index contributed by atoms with van der Waals surface area (Å²) in [5.74, 6) is -0.0226. The molecular weight excluding hydrogens is 458 g/mol. The van der Waals surface area contributed by atoms with Crippen molar-refractivity contribution in [3.63, 3.8) is 0 Å². The molecule has 1 aliphatic heterocycles. The zero-order valence-electron chi connectivity index (χ0n) is 18.5. The number of fused-ring (bicyclic) bond motifs is 1. The molecule has 4 aromatic carbocycles. The molecule has 1 atom stereocenters. The topological polar surface area (TPSA) is 58.4 Å². The van der Waals surface area contributed by atoms with Gasteiger partial charge < -0.3 is 5.11 Å². The van der Waals surface area contributed by atoms with Crippen molar-refractivity contribution in [3.05, 3.63) is 131 Å². The molecule has 1 N–H and O–H groups in total. The molecule has 2 heterocycles. The smallest absolute Gasteiger partial charge is 0.278 e.